The third kappa shape index (κ3) is 5.17. The first-order chi connectivity index (χ1) is 14.5. The Morgan fingerprint density at radius 3 is 2.50 bits per heavy atom. The molecule has 3 rings (SSSR count). The van der Waals surface area contributed by atoms with Crippen LogP contribution in [0.2, 0.25) is 0 Å². The van der Waals surface area contributed by atoms with E-state index in [-0.39, 0.29) is 12.5 Å². The van der Waals surface area contributed by atoms with E-state index in [0.717, 1.165) is 26.6 Å². The number of benzene rings is 1. The molecule has 0 saturated carbocycles. The summed E-state index contributed by atoms with van der Waals surface area (Å²) in [6.45, 7) is 6.50. The molecule has 0 unspecified atom stereocenters. The predicted molar refractivity (Wildman–Crippen MR) is 124 cm³/mol. The Morgan fingerprint density at radius 2 is 1.87 bits per heavy atom. The van der Waals surface area contributed by atoms with Gasteiger partial charge in [-0.1, -0.05) is 18.2 Å². The monoisotopic (exact) mass is 441 g/mol. The van der Waals surface area contributed by atoms with Crippen LogP contribution < -0.4 is 10.1 Å². The summed E-state index contributed by atoms with van der Waals surface area (Å²) in [6, 6.07) is 11.4. The molecule has 0 saturated heterocycles. The van der Waals surface area contributed by atoms with Crippen molar-refractivity contribution >= 4 is 45.6 Å². The van der Waals surface area contributed by atoms with Crippen molar-refractivity contribution in [1.82, 2.24) is 0 Å². The maximum absolute atomic E-state index is 12.6. The van der Waals surface area contributed by atoms with Gasteiger partial charge in [0.2, 0.25) is 5.91 Å². The number of thiophene rings is 2. The van der Waals surface area contributed by atoms with E-state index in [1.807, 2.05) is 55.6 Å². The third-order valence-corrected chi connectivity index (χ3v) is 6.09. The van der Waals surface area contributed by atoms with Crippen molar-refractivity contribution in [1.29, 1.82) is 0 Å². The molecular formula is C23H23NO4S2. The zero-order chi connectivity index (χ0) is 21.5. The number of carbonyl (C=O) groups is 2. The number of esters is 1. The lowest BCUT2D eigenvalue weighted by molar-refractivity contribution is -0.111. The van der Waals surface area contributed by atoms with E-state index >= 15 is 0 Å². The number of hydrogen-bond donors (Lipinski definition) is 1. The van der Waals surface area contributed by atoms with E-state index in [9.17, 15) is 9.59 Å². The Hall–Kier alpha value is -2.90. The van der Waals surface area contributed by atoms with E-state index in [1.165, 1.54) is 17.4 Å². The molecule has 1 amide bonds. The molecule has 0 bridgehead atoms. The van der Waals surface area contributed by atoms with Crippen molar-refractivity contribution in [3.05, 3.63) is 63.9 Å². The number of rotatable bonds is 8. The first-order valence-electron chi connectivity index (χ1n) is 9.59. The van der Waals surface area contributed by atoms with Crippen LogP contribution in [0, 0.1) is 6.92 Å². The van der Waals surface area contributed by atoms with E-state index < -0.39 is 5.97 Å². The van der Waals surface area contributed by atoms with E-state index in [2.05, 4.69) is 5.32 Å². The maximum atomic E-state index is 12.6. The molecule has 2 heterocycles. The average Bonchev–Trinajstić information content (AvgIpc) is 3.35. The molecule has 0 radical (unpaired) electrons. The van der Waals surface area contributed by atoms with Gasteiger partial charge in [-0.15, -0.1) is 22.7 Å². The molecule has 156 valence electrons. The van der Waals surface area contributed by atoms with Crippen LogP contribution in [0.5, 0.6) is 5.75 Å². The van der Waals surface area contributed by atoms with Gasteiger partial charge >= 0.3 is 5.97 Å². The summed E-state index contributed by atoms with van der Waals surface area (Å²) in [6.07, 6.45) is 3.17. The molecule has 2 aromatic heterocycles. The van der Waals surface area contributed by atoms with E-state index in [0.29, 0.717) is 17.2 Å². The average molecular weight is 442 g/mol. The Bertz CT molecular complexity index is 1030. The summed E-state index contributed by atoms with van der Waals surface area (Å²) in [5.74, 6) is 0.0396. The fourth-order valence-electron chi connectivity index (χ4n) is 2.92. The highest BCUT2D eigenvalue weighted by atomic mass is 32.1. The zero-order valence-corrected chi connectivity index (χ0v) is 18.7. The van der Waals surface area contributed by atoms with Gasteiger partial charge < -0.3 is 14.8 Å². The lowest BCUT2D eigenvalue weighted by atomic mass is 10.1. The highest BCUT2D eigenvalue weighted by molar-refractivity contribution is 7.18. The highest BCUT2D eigenvalue weighted by Gasteiger charge is 2.25. The van der Waals surface area contributed by atoms with Crippen molar-refractivity contribution in [2.24, 2.45) is 0 Å². The van der Waals surface area contributed by atoms with Crippen LogP contribution in [0.4, 0.5) is 5.00 Å². The van der Waals surface area contributed by atoms with Gasteiger partial charge in [0.05, 0.1) is 13.2 Å². The van der Waals surface area contributed by atoms with Gasteiger partial charge in [-0.2, -0.15) is 0 Å². The van der Waals surface area contributed by atoms with Crippen molar-refractivity contribution < 1.29 is 19.1 Å². The molecule has 0 spiro atoms. The molecule has 0 aliphatic heterocycles. The van der Waals surface area contributed by atoms with Gasteiger partial charge in [0.25, 0.3) is 0 Å². The van der Waals surface area contributed by atoms with Crippen LogP contribution >= 0.6 is 22.7 Å². The predicted octanol–water partition coefficient (Wildman–Crippen LogP) is 6.01. The molecule has 0 aliphatic rings. The fourth-order valence-corrected chi connectivity index (χ4v) is 4.87. The molecule has 0 aliphatic carbocycles. The Balaban J connectivity index is 1.82. The molecule has 0 fully saturated rings. The van der Waals surface area contributed by atoms with Crippen molar-refractivity contribution in [2.75, 3.05) is 18.5 Å². The SMILES string of the molecule is CCOC(=O)c1c(NC(=O)/C=C/c2ccc(OCC)cc2)sc(C)c1-c1cccs1. The van der Waals surface area contributed by atoms with Gasteiger partial charge in [0, 0.05) is 21.4 Å². The Morgan fingerprint density at radius 1 is 1.10 bits per heavy atom. The molecule has 1 aromatic carbocycles. The van der Waals surface area contributed by atoms with Gasteiger partial charge in [-0.25, -0.2) is 4.79 Å². The summed E-state index contributed by atoms with van der Waals surface area (Å²) in [5.41, 5.74) is 2.10. The molecule has 3 aromatic rings. The molecule has 7 heteroatoms. The summed E-state index contributed by atoms with van der Waals surface area (Å²) >= 11 is 2.92. The normalized spacial score (nSPS) is 10.9. The highest BCUT2D eigenvalue weighted by Crippen LogP contribution is 2.42. The van der Waals surface area contributed by atoms with Crippen LogP contribution in [0.15, 0.2) is 47.9 Å². The first kappa shape index (κ1) is 21.8. The molecule has 5 nitrogen and oxygen atoms in total. The minimum atomic E-state index is -0.434. The molecular weight excluding hydrogens is 418 g/mol. The topological polar surface area (TPSA) is 64.6 Å². The first-order valence-corrected chi connectivity index (χ1v) is 11.3. The standard InChI is InChI=1S/C23H23NO4S2/c1-4-27-17-11-8-16(9-12-17)10-13-19(25)24-22-21(23(26)28-5-2)20(15(3)30-22)18-7-6-14-29-18/h6-14H,4-5H2,1-3H3,(H,24,25)/b13-10+. The zero-order valence-electron chi connectivity index (χ0n) is 17.1. The van der Waals surface area contributed by atoms with Crippen LogP contribution in [0.1, 0.15) is 34.6 Å². The van der Waals surface area contributed by atoms with Crippen molar-refractivity contribution in [2.45, 2.75) is 20.8 Å². The van der Waals surface area contributed by atoms with Crippen molar-refractivity contribution in [3.63, 3.8) is 0 Å². The summed E-state index contributed by atoms with van der Waals surface area (Å²) in [7, 11) is 0. The molecule has 30 heavy (non-hydrogen) atoms. The van der Waals surface area contributed by atoms with Gasteiger partial charge in [0.15, 0.2) is 0 Å². The van der Waals surface area contributed by atoms with Crippen LogP contribution in [0.25, 0.3) is 16.5 Å². The summed E-state index contributed by atoms with van der Waals surface area (Å²) in [5, 5.41) is 5.30. The van der Waals surface area contributed by atoms with Crippen molar-refractivity contribution in [3.8, 4) is 16.2 Å². The van der Waals surface area contributed by atoms with Crippen LogP contribution in [0.3, 0.4) is 0 Å². The Kier molecular flexibility index (Phi) is 7.43. The number of anilines is 1. The minimum Gasteiger partial charge on any atom is -0.494 e. The van der Waals surface area contributed by atoms with E-state index in [1.54, 1.807) is 24.3 Å². The second kappa shape index (κ2) is 10.2. The Labute approximate surface area is 184 Å². The lowest BCUT2D eigenvalue weighted by Gasteiger charge is -2.07. The number of hydrogen-bond acceptors (Lipinski definition) is 6. The summed E-state index contributed by atoms with van der Waals surface area (Å²) in [4.78, 5) is 27.1. The largest absolute Gasteiger partial charge is 0.494 e. The van der Waals surface area contributed by atoms with Crippen LogP contribution in [-0.2, 0) is 9.53 Å². The smallest absolute Gasteiger partial charge is 0.341 e. The number of ether oxygens (including phenoxy) is 2. The third-order valence-electron chi connectivity index (χ3n) is 4.19. The number of aryl methyl sites for hydroxylation is 1. The van der Waals surface area contributed by atoms with Gasteiger partial charge in [-0.3, -0.25) is 4.79 Å². The number of nitrogens with one attached hydrogen (secondary N) is 1. The van der Waals surface area contributed by atoms with Gasteiger partial charge in [-0.05, 0) is 56.0 Å². The second-order valence-electron chi connectivity index (χ2n) is 6.26. The quantitative estimate of drug-likeness (QED) is 0.343. The summed E-state index contributed by atoms with van der Waals surface area (Å²) < 4.78 is 10.7. The molecule has 0 atom stereocenters. The van der Waals surface area contributed by atoms with E-state index in [4.69, 9.17) is 9.47 Å². The minimum absolute atomic E-state index is 0.267. The van der Waals surface area contributed by atoms with Gasteiger partial charge in [0.1, 0.15) is 16.3 Å². The molecule has 1 N–H and O–H groups in total. The van der Waals surface area contributed by atoms with Crippen LogP contribution in [-0.4, -0.2) is 25.1 Å². The second-order valence-corrected chi connectivity index (χ2v) is 8.43. The lowest BCUT2D eigenvalue weighted by Crippen LogP contribution is -2.12. The maximum Gasteiger partial charge on any atom is 0.341 e. The fraction of sp³-hybridized carbons (Fsp3) is 0.217. The number of amides is 1. The number of carbonyl (C=O) groups excluding carboxylic acids is 2.